The van der Waals surface area contributed by atoms with Gasteiger partial charge in [0.25, 0.3) is 0 Å². The normalized spacial score (nSPS) is 18.0. The summed E-state index contributed by atoms with van der Waals surface area (Å²) in [6, 6.07) is 4.58. The Morgan fingerprint density at radius 2 is 1.88 bits per heavy atom. The number of nitrogens with one attached hydrogen (secondary N) is 1. The molecule has 0 aliphatic heterocycles. The monoisotopic (exact) mass is 380 g/mol. The van der Waals surface area contributed by atoms with Crippen LogP contribution in [-0.2, 0) is 11.0 Å². The maximum atomic E-state index is 12.9. The van der Waals surface area contributed by atoms with Crippen molar-refractivity contribution in [3.05, 3.63) is 29.8 Å². The van der Waals surface area contributed by atoms with Crippen LogP contribution in [0.3, 0.4) is 0 Å². The van der Waals surface area contributed by atoms with Crippen molar-refractivity contribution in [1.29, 1.82) is 0 Å². The smallest absolute Gasteiger partial charge is 0.419 e. The topological polar surface area (TPSA) is 64.3 Å². The zero-order chi connectivity index (χ0) is 17.8. The predicted molar refractivity (Wildman–Crippen MR) is 91.8 cm³/mol. The number of hydrogen-bond donors (Lipinski definition) is 2. The molecule has 0 heterocycles. The van der Waals surface area contributed by atoms with Crippen LogP contribution in [0.15, 0.2) is 24.3 Å². The number of nitrogens with two attached hydrogens (primary N) is 1. The van der Waals surface area contributed by atoms with Crippen molar-refractivity contribution < 1.29 is 22.7 Å². The lowest BCUT2D eigenvalue weighted by molar-refractivity contribution is -0.139. The van der Waals surface area contributed by atoms with Gasteiger partial charge in [-0.1, -0.05) is 31.4 Å². The summed E-state index contributed by atoms with van der Waals surface area (Å²) in [5, 5.41) is 2.75. The predicted octanol–water partition coefficient (Wildman–Crippen LogP) is 3.67. The molecule has 25 heavy (non-hydrogen) atoms. The van der Waals surface area contributed by atoms with Crippen LogP contribution < -0.4 is 15.8 Å². The van der Waals surface area contributed by atoms with E-state index in [-0.39, 0.29) is 30.7 Å². The largest absolute Gasteiger partial charge is 0.491 e. The van der Waals surface area contributed by atoms with E-state index in [4.69, 9.17) is 10.5 Å². The Morgan fingerprint density at radius 3 is 2.48 bits per heavy atom. The summed E-state index contributed by atoms with van der Waals surface area (Å²) in [5.41, 5.74) is 4.43. The minimum absolute atomic E-state index is 0. The Morgan fingerprint density at radius 1 is 1.28 bits per heavy atom. The SMILES string of the molecule is CC(COc1ccccc1C(F)(F)F)NC(=O)C1(N)CCCCC1.Cl. The number of carbonyl (C=O) groups excluding carboxylic acids is 1. The Labute approximate surface area is 151 Å². The first-order valence-electron chi connectivity index (χ1n) is 8.11. The van der Waals surface area contributed by atoms with Crippen LogP contribution in [0.25, 0.3) is 0 Å². The highest BCUT2D eigenvalue weighted by molar-refractivity contribution is 5.86. The molecule has 0 saturated heterocycles. The number of alkyl halides is 3. The molecular weight excluding hydrogens is 357 g/mol. The third kappa shape index (κ3) is 5.78. The van der Waals surface area contributed by atoms with Crippen molar-refractivity contribution in [3.8, 4) is 5.75 Å². The van der Waals surface area contributed by atoms with Crippen molar-refractivity contribution >= 4 is 18.3 Å². The number of ether oxygens (including phenoxy) is 1. The summed E-state index contributed by atoms with van der Waals surface area (Å²) in [5.74, 6) is -0.506. The van der Waals surface area contributed by atoms with Gasteiger partial charge in [0.1, 0.15) is 12.4 Å². The first-order valence-corrected chi connectivity index (χ1v) is 8.11. The zero-order valence-electron chi connectivity index (χ0n) is 14.1. The molecule has 1 saturated carbocycles. The van der Waals surface area contributed by atoms with E-state index >= 15 is 0 Å². The van der Waals surface area contributed by atoms with Gasteiger partial charge in [0, 0.05) is 0 Å². The number of halogens is 4. The molecule has 1 atom stereocenters. The number of hydrogen-bond acceptors (Lipinski definition) is 3. The van der Waals surface area contributed by atoms with Gasteiger partial charge in [0.05, 0.1) is 17.1 Å². The molecule has 0 radical (unpaired) electrons. The molecule has 1 fully saturated rings. The first-order chi connectivity index (χ1) is 11.2. The molecule has 142 valence electrons. The molecule has 4 nitrogen and oxygen atoms in total. The molecule has 0 spiro atoms. The summed E-state index contributed by atoms with van der Waals surface area (Å²) in [6.45, 7) is 1.62. The number of carbonyl (C=O) groups is 1. The van der Waals surface area contributed by atoms with Crippen molar-refractivity contribution in [1.82, 2.24) is 5.32 Å². The lowest BCUT2D eigenvalue weighted by Crippen LogP contribution is -2.57. The van der Waals surface area contributed by atoms with Gasteiger partial charge in [-0.15, -0.1) is 12.4 Å². The Hall–Kier alpha value is -1.47. The summed E-state index contributed by atoms with van der Waals surface area (Å²) in [6.07, 6.45) is -0.334. The van der Waals surface area contributed by atoms with Gasteiger partial charge in [-0.3, -0.25) is 4.79 Å². The molecule has 2 rings (SSSR count). The lowest BCUT2D eigenvalue weighted by atomic mass is 9.82. The van der Waals surface area contributed by atoms with Crippen LogP contribution in [-0.4, -0.2) is 24.1 Å². The van der Waals surface area contributed by atoms with E-state index in [1.54, 1.807) is 6.92 Å². The van der Waals surface area contributed by atoms with Gasteiger partial charge in [-0.05, 0) is 31.9 Å². The molecule has 0 bridgehead atoms. The van der Waals surface area contributed by atoms with E-state index in [1.807, 2.05) is 0 Å². The molecular formula is C17H24ClF3N2O2. The molecule has 8 heteroatoms. The van der Waals surface area contributed by atoms with E-state index in [9.17, 15) is 18.0 Å². The fraction of sp³-hybridized carbons (Fsp3) is 0.588. The van der Waals surface area contributed by atoms with Crippen LogP contribution in [0, 0.1) is 0 Å². The molecule has 0 aromatic heterocycles. The Balaban J connectivity index is 0.00000312. The highest BCUT2D eigenvalue weighted by atomic mass is 35.5. The van der Waals surface area contributed by atoms with Crippen LogP contribution in [0.5, 0.6) is 5.75 Å². The molecule has 1 unspecified atom stereocenters. The minimum atomic E-state index is -4.48. The minimum Gasteiger partial charge on any atom is -0.491 e. The van der Waals surface area contributed by atoms with E-state index in [2.05, 4.69) is 5.32 Å². The molecule has 1 aromatic rings. The van der Waals surface area contributed by atoms with Gasteiger partial charge in [-0.25, -0.2) is 0 Å². The third-order valence-corrected chi connectivity index (χ3v) is 4.26. The van der Waals surface area contributed by atoms with E-state index in [0.717, 1.165) is 25.3 Å². The Bertz CT molecular complexity index is 575. The average Bonchev–Trinajstić information content (AvgIpc) is 2.53. The summed E-state index contributed by atoms with van der Waals surface area (Å²) < 4.78 is 44.0. The lowest BCUT2D eigenvalue weighted by Gasteiger charge is -2.33. The highest BCUT2D eigenvalue weighted by Crippen LogP contribution is 2.35. The van der Waals surface area contributed by atoms with Crippen LogP contribution in [0.2, 0.25) is 0 Å². The molecule has 3 N–H and O–H groups in total. The third-order valence-electron chi connectivity index (χ3n) is 4.26. The number of rotatable bonds is 5. The Kier molecular flexibility index (Phi) is 7.56. The summed E-state index contributed by atoms with van der Waals surface area (Å²) in [4.78, 5) is 12.3. The number of amides is 1. The quantitative estimate of drug-likeness (QED) is 0.819. The average molecular weight is 381 g/mol. The van der Waals surface area contributed by atoms with Crippen molar-refractivity contribution in [3.63, 3.8) is 0 Å². The van der Waals surface area contributed by atoms with Gasteiger partial charge in [0.15, 0.2) is 0 Å². The van der Waals surface area contributed by atoms with Crippen molar-refractivity contribution in [2.45, 2.75) is 56.8 Å². The van der Waals surface area contributed by atoms with Crippen LogP contribution >= 0.6 is 12.4 Å². The number of para-hydroxylation sites is 1. The van der Waals surface area contributed by atoms with Gasteiger partial charge in [0.2, 0.25) is 5.91 Å². The van der Waals surface area contributed by atoms with E-state index in [0.29, 0.717) is 12.8 Å². The van der Waals surface area contributed by atoms with Crippen LogP contribution in [0.4, 0.5) is 13.2 Å². The number of benzene rings is 1. The fourth-order valence-corrected chi connectivity index (χ4v) is 2.86. The second-order valence-corrected chi connectivity index (χ2v) is 6.40. The highest BCUT2D eigenvalue weighted by Gasteiger charge is 2.36. The molecule has 1 amide bonds. The summed E-state index contributed by atoms with van der Waals surface area (Å²) in [7, 11) is 0. The maximum Gasteiger partial charge on any atom is 0.419 e. The van der Waals surface area contributed by atoms with Gasteiger partial charge < -0.3 is 15.8 Å². The van der Waals surface area contributed by atoms with Crippen LogP contribution in [0.1, 0.15) is 44.6 Å². The standard InChI is InChI=1S/C17H23F3N2O2.ClH/c1-12(22-15(23)16(21)9-5-2-6-10-16)11-24-14-8-4-3-7-13(14)17(18,19)20;/h3-4,7-8,12H,2,5-6,9-11,21H2,1H3,(H,22,23);1H. The molecule has 1 aliphatic carbocycles. The van der Waals surface area contributed by atoms with E-state index in [1.165, 1.54) is 18.2 Å². The van der Waals surface area contributed by atoms with E-state index < -0.39 is 23.3 Å². The first kappa shape index (κ1) is 21.6. The van der Waals surface area contributed by atoms with Crippen molar-refractivity contribution in [2.24, 2.45) is 5.73 Å². The zero-order valence-corrected chi connectivity index (χ0v) is 14.9. The van der Waals surface area contributed by atoms with Crippen molar-refractivity contribution in [2.75, 3.05) is 6.61 Å². The molecule has 1 aliphatic rings. The van der Waals surface area contributed by atoms with Gasteiger partial charge >= 0.3 is 6.18 Å². The second-order valence-electron chi connectivity index (χ2n) is 6.40. The maximum absolute atomic E-state index is 12.9. The van der Waals surface area contributed by atoms with Gasteiger partial charge in [-0.2, -0.15) is 13.2 Å². The fourth-order valence-electron chi connectivity index (χ4n) is 2.86. The summed E-state index contributed by atoms with van der Waals surface area (Å²) >= 11 is 0. The second kappa shape index (κ2) is 8.76. The molecule has 1 aromatic carbocycles.